The summed E-state index contributed by atoms with van der Waals surface area (Å²) in [6.45, 7) is 0.509. The Labute approximate surface area is 80.7 Å². The highest BCUT2D eigenvalue weighted by molar-refractivity contribution is 6.31. The molecule has 1 unspecified atom stereocenters. The number of carboxylic acids is 1. The lowest BCUT2D eigenvalue weighted by atomic mass is 9.97. The number of carbonyl (C=O) groups is 3. The summed E-state index contributed by atoms with van der Waals surface area (Å²) >= 11 is 0. The summed E-state index contributed by atoms with van der Waals surface area (Å²) < 4.78 is 0. The number of likely N-dealkylation sites (tertiary alicyclic amines) is 1. The third-order valence-electron chi connectivity index (χ3n) is 2.29. The van der Waals surface area contributed by atoms with Crippen LogP contribution in [0.15, 0.2) is 0 Å². The van der Waals surface area contributed by atoms with Crippen molar-refractivity contribution in [1.82, 2.24) is 4.90 Å². The van der Waals surface area contributed by atoms with Gasteiger partial charge >= 0.3 is 11.9 Å². The Hall–Kier alpha value is -1.59. The van der Waals surface area contributed by atoms with E-state index in [4.69, 9.17) is 10.8 Å². The molecule has 3 N–H and O–H groups in total. The van der Waals surface area contributed by atoms with Crippen LogP contribution in [0.1, 0.15) is 12.8 Å². The second-order valence-corrected chi connectivity index (χ2v) is 3.30. The number of hydrogen-bond donors (Lipinski definition) is 2. The van der Waals surface area contributed by atoms with Gasteiger partial charge in [0.25, 0.3) is 0 Å². The molecule has 1 aliphatic heterocycles. The first-order valence-corrected chi connectivity index (χ1v) is 4.34. The first kappa shape index (κ1) is 10.5. The van der Waals surface area contributed by atoms with Gasteiger partial charge in [-0.25, -0.2) is 4.79 Å². The van der Waals surface area contributed by atoms with Crippen molar-refractivity contribution in [3.05, 3.63) is 0 Å². The number of rotatable bonds is 1. The maximum absolute atomic E-state index is 11.0. The van der Waals surface area contributed by atoms with Crippen LogP contribution in [0, 0.1) is 5.92 Å². The summed E-state index contributed by atoms with van der Waals surface area (Å²) in [5.41, 5.74) is 5.08. The summed E-state index contributed by atoms with van der Waals surface area (Å²) in [5, 5.41) is 8.45. The molecule has 0 radical (unpaired) electrons. The van der Waals surface area contributed by atoms with Crippen molar-refractivity contribution >= 4 is 17.8 Å². The lowest BCUT2D eigenvalue weighted by Crippen LogP contribution is -2.46. The van der Waals surface area contributed by atoms with E-state index in [1.807, 2.05) is 0 Å². The van der Waals surface area contributed by atoms with Crippen molar-refractivity contribution in [3.63, 3.8) is 0 Å². The van der Waals surface area contributed by atoms with Crippen LogP contribution in [0.3, 0.4) is 0 Å². The van der Waals surface area contributed by atoms with Gasteiger partial charge in [-0.3, -0.25) is 9.59 Å². The number of carbonyl (C=O) groups excluding carboxylic acids is 2. The minimum atomic E-state index is -1.49. The Balaban J connectivity index is 2.60. The van der Waals surface area contributed by atoms with Crippen molar-refractivity contribution in [2.24, 2.45) is 11.7 Å². The summed E-state index contributed by atoms with van der Waals surface area (Å²) in [7, 11) is 0. The standard InChI is InChI=1S/C8H12N2O4/c9-6(11)5-2-1-3-10(4-5)7(12)8(13)14/h5H,1-4H2,(H2,9,11)(H,13,14). The van der Waals surface area contributed by atoms with Crippen LogP contribution in [0.4, 0.5) is 0 Å². The fourth-order valence-electron chi connectivity index (χ4n) is 1.53. The van der Waals surface area contributed by atoms with E-state index < -0.39 is 23.7 Å². The molecule has 1 atom stereocenters. The molecule has 1 aliphatic rings. The molecule has 0 spiro atoms. The van der Waals surface area contributed by atoms with E-state index in [-0.39, 0.29) is 6.54 Å². The quantitative estimate of drug-likeness (QED) is 0.519. The zero-order valence-corrected chi connectivity index (χ0v) is 7.60. The Bertz CT molecular complexity index is 277. The average Bonchev–Trinajstić information content (AvgIpc) is 2.16. The maximum atomic E-state index is 11.0. The SMILES string of the molecule is NC(=O)C1CCCN(C(=O)C(=O)O)C1. The fraction of sp³-hybridized carbons (Fsp3) is 0.625. The van der Waals surface area contributed by atoms with Crippen molar-refractivity contribution < 1.29 is 19.5 Å². The third kappa shape index (κ3) is 2.21. The van der Waals surface area contributed by atoms with Gasteiger partial charge in [0.15, 0.2) is 0 Å². The molecule has 14 heavy (non-hydrogen) atoms. The van der Waals surface area contributed by atoms with Gasteiger partial charge in [-0.05, 0) is 12.8 Å². The topological polar surface area (TPSA) is 101 Å². The van der Waals surface area contributed by atoms with Crippen LogP contribution in [0.2, 0.25) is 0 Å². The Morgan fingerprint density at radius 2 is 2.00 bits per heavy atom. The highest BCUT2D eigenvalue weighted by Gasteiger charge is 2.29. The van der Waals surface area contributed by atoms with Crippen LogP contribution in [0.5, 0.6) is 0 Å². The van der Waals surface area contributed by atoms with Gasteiger partial charge < -0.3 is 15.7 Å². The summed E-state index contributed by atoms with van der Waals surface area (Å²) in [6, 6.07) is 0. The molecule has 1 saturated heterocycles. The number of nitrogens with zero attached hydrogens (tertiary/aromatic N) is 1. The van der Waals surface area contributed by atoms with Crippen molar-refractivity contribution in [3.8, 4) is 0 Å². The molecule has 0 saturated carbocycles. The number of carboxylic acid groups (broad SMARTS) is 1. The first-order chi connectivity index (χ1) is 6.52. The smallest absolute Gasteiger partial charge is 0.394 e. The summed E-state index contributed by atoms with van der Waals surface area (Å²) in [4.78, 5) is 33.4. The number of nitrogens with two attached hydrogens (primary N) is 1. The van der Waals surface area contributed by atoms with E-state index in [0.717, 1.165) is 4.90 Å². The largest absolute Gasteiger partial charge is 0.474 e. The molecule has 0 bridgehead atoms. The lowest BCUT2D eigenvalue weighted by Gasteiger charge is -2.29. The zero-order chi connectivity index (χ0) is 10.7. The summed E-state index contributed by atoms with van der Waals surface area (Å²) in [5.74, 6) is -3.34. The van der Waals surface area contributed by atoms with Gasteiger partial charge in [0.2, 0.25) is 5.91 Å². The zero-order valence-electron chi connectivity index (χ0n) is 7.60. The molecule has 2 amide bonds. The minimum absolute atomic E-state index is 0.125. The molecular weight excluding hydrogens is 188 g/mol. The van der Waals surface area contributed by atoms with Crippen LogP contribution in [0.25, 0.3) is 0 Å². The van der Waals surface area contributed by atoms with Gasteiger partial charge in [0.05, 0.1) is 5.92 Å². The van der Waals surface area contributed by atoms with Crippen molar-refractivity contribution in [2.75, 3.05) is 13.1 Å². The molecule has 78 valence electrons. The number of piperidine rings is 1. The van der Waals surface area contributed by atoms with E-state index in [1.165, 1.54) is 0 Å². The Morgan fingerprint density at radius 1 is 1.36 bits per heavy atom. The lowest BCUT2D eigenvalue weighted by molar-refractivity contribution is -0.157. The third-order valence-corrected chi connectivity index (χ3v) is 2.29. The van der Waals surface area contributed by atoms with Crippen molar-refractivity contribution in [1.29, 1.82) is 0 Å². The van der Waals surface area contributed by atoms with E-state index >= 15 is 0 Å². The normalized spacial score (nSPS) is 21.7. The average molecular weight is 200 g/mol. The Morgan fingerprint density at radius 3 is 2.50 bits per heavy atom. The molecule has 1 fully saturated rings. The number of aliphatic carboxylic acids is 1. The molecular formula is C8H12N2O4. The highest BCUT2D eigenvalue weighted by atomic mass is 16.4. The second-order valence-electron chi connectivity index (χ2n) is 3.30. The predicted molar refractivity (Wildman–Crippen MR) is 46.1 cm³/mol. The fourth-order valence-corrected chi connectivity index (χ4v) is 1.53. The van der Waals surface area contributed by atoms with Crippen LogP contribution >= 0.6 is 0 Å². The van der Waals surface area contributed by atoms with E-state index in [0.29, 0.717) is 19.4 Å². The predicted octanol–water partition coefficient (Wildman–Crippen LogP) is -1.21. The van der Waals surface area contributed by atoms with E-state index in [2.05, 4.69) is 0 Å². The monoisotopic (exact) mass is 200 g/mol. The molecule has 1 rings (SSSR count). The minimum Gasteiger partial charge on any atom is -0.474 e. The maximum Gasteiger partial charge on any atom is 0.394 e. The van der Waals surface area contributed by atoms with Gasteiger partial charge in [0, 0.05) is 13.1 Å². The molecule has 0 aromatic heterocycles. The van der Waals surface area contributed by atoms with E-state index in [1.54, 1.807) is 0 Å². The number of amides is 2. The molecule has 6 nitrogen and oxygen atoms in total. The van der Waals surface area contributed by atoms with Gasteiger partial charge in [-0.1, -0.05) is 0 Å². The van der Waals surface area contributed by atoms with Crippen LogP contribution in [-0.2, 0) is 14.4 Å². The molecule has 0 aromatic carbocycles. The summed E-state index contributed by atoms with van der Waals surface area (Å²) in [6.07, 6.45) is 1.24. The van der Waals surface area contributed by atoms with Crippen molar-refractivity contribution in [2.45, 2.75) is 12.8 Å². The molecule has 0 aliphatic carbocycles. The van der Waals surface area contributed by atoms with Crippen LogP contribution < -0.4 is 5.73 Å². The van der Waals surface area contributed by atoms with Crippen LogP contribution in [-0.4, -0.2) is 40.9 Å². The molecule has 6 heteroatoms. The van der Waals surface area contributed by atoms with E-state index in [9.17, 15) is 14.4 Å². The number of hydrogen-bond acceptors (Lipinski definition) is 3. The number of primary amides is 1. The molecule has 1 heterocycles. The highest BCUT2D eigenvalue weighted by Crippen LogP contribution is 2.15. The van der Waals surface area contributed by atoms with Gasteiger partial charge in [-0.15, -0.1) is 0 Å². The van der Waals surface area contributed by atoms with Gasteiger partial charge in [-0.2, -0.15) is 0 Å². The first-order valence-electron chi connectivity index (χ1n) is 4.34. The molecule has 0 aromatic rings. The Kier molecular flexibility index (Phi) is 3.06. The van der Waals surface area contributed by atoms with Gasteiger partial charge in [0.1, 0.15) is 0 Å². The second kappa shape index (κ2) is 4.08.